The summed E-state index contributed by atoms with van der Waals surface area (Å²) in [5.74, 6) is -0.184. The van der Waals surface area contributed by atoms with Gasteiger partial charge in [0.25, 0.3) is 0 Å². The number of pyridine rings is 1. The van der Waals surface area contributed by atoms with E-state index < -0.39 is 6.61 Å². The number of aryl methyl sites for hydroxylation is 1. The molecule has 2 aromatic rings. The summed E-state index contributed by atoms with van der Waals surface area (Å²) in [4.78, 5) is 20.5. The molecule has 0 unspecified atom stereocenters. The topological polar surface area (TPSA) is 56.7 Å². The summed E-state index contributed by atoms with van der Waals surface area (Å²) in [6.45, 7) is 6.69. The smallest absolute Gasteiger partial charge is 0.248 e. The largest absolute Gasteiger partial charge is 0.387 e. The second-order valence-electron chi connectivity index (χ2n) is 5.92. The summed E-state index contributed by atoms with van der Waals surface area (Å²) in [7, 11) is 0. The monoisotopic (exact) mass is 313 g/mol. The number of benzene rings is 1. The molecular weight excluding hydrogens is 290 g/mol. The maximum atomic E-state index is 11.6. The number of hydrogen-bond acceptors (Lipinski definition) is 4. The molecule has 0 atom stereocenters. The number of aromatic nitrogens is 1. The molecule has 2 heterocycles. The zero-order valence-corrected chi connectivity index (χ0v) is 13.7. The Kier molecular flexibility index (Phi) is 4.48. The predicted molar refractivity (Wildman–Crippen MR) is 91.7 cm³/mol. The van der Waals surface area contributed by atoms with Gasteiger partial charge in [-0.15, -0.1) is 0 Å². The van der Waals surface area contributed by atoms with E-state index in [0.29, 0.717) is 13.1 Å². The van der Waals surface area contributed by atoms with Gasteiger partial charge in [0.1, 0.15) is 6.61 Å². The molecule has 23 heavy (non-hydrogen) atoms. The normalized spacial score (nSPS) is 15.3. The van der Waals surface area contributed by atoms with Crippen molar-refractivity contribution in [2.24, 2.45) is 0 Å². The third-order valence-corrected chi connectivity index (χ3v) is 4.61. The fraction of sp³-hybridized carbons (Fsp3) is 0.444. The van der Waals surface area contributed by atoms with Crippen LogP contribution in [0.5, 0.6) is 0 Å². The summed E-state index contributed by atoms with van der Waals surface area (Å²) in [5, 5.41) is 10.2. The van der Waals surface area contributed by atoms with E-state index in [2.05, 4.69) is 30.9 Å². The Bertz CT molecular complexity index is 722. The van der Waals surface area contributed by atoms with Gasteiger partial charge in [0, 0.05) is 37.3 Å². The number of rotatable bonds is 3. The molecule has 0 radical (unpaired) electrons. The van der Waals surface area contributed by atoms with Crippen LogP contribution in [0.3, 0.4) is 0 Å². The number of para-hydroxylation sites is 1. The summed E-state index contributed by atoms with van der Waals surface area (Å²) in [6.07, 6.45) is 0.939. The van der Waals surface area contributed by atoms with Crippen LogP contribution in [-0.4, -0.2) is 53.7 Å². The molecule has 0 spiro atoms. The standard InChI is InChI=1S/C18H23N3O2/c1-3-14-13(2)19-16-7-5-4-6-15(16)18(14)21-10-8-20(9-11-21)17(23)12-22/h4-7,22H,3,8-12H2,1-2H3. The number of carbonyl (C=O) groups excluding carboxylic acids is 1. The van der Waals surface area contributed by atoms with E-state index in [1.807, 2.05) is 12.1 Å². The predicted octanol–water partition coefficient (Wildman–Crippen LogP) is 1.75. The molecule has 5 nitrogen and oxygen atoms in total. The zero-order chi connectivity index (χ0) is 16.4. The zero-order valence-electron chi connectivity index (χ0n) is 13.7. The van der Waals surface area contributed by atoms with Crippen molar-refractivity contribution in [1.29, 1.82) is 0 Å². The molecule has 1 N–H and O–H groups in total. The van der Waals surface area contributed by atoms with Gasteiger partial charge < -0.3 is 14.9 Å². The van der Waals surface area contributed by atoms with Crippen molar-refractivity contribution >= 4 is 22.5 Å². The molecular formula is C18H23N3O2. The molecule has 1 amide bonds. The molecule has 3 rings (SSSR count). The summed E-state index contributed by atoms with van der Waals surface area (Å²) in [5.41, 5.74) is 4.64. The number of amides is 1. The average Bonchev–Trinajstić information content (AvgIpc) is 2.60. The molecule has 5 heteroatoms. The molecule has 1 aromatic heterocycles. The minimum absolute atomic E-state index is 0.184. The van der Waals surface area contributed by atoms with Crippen molar-refractivity contribution in [1.82, 2.24) is 9.88 Å². The van der Waals surface area contributed by atoms with E-state index >= 15 is 0 Å². The molecule has 0 bridgehead atoms. The molecule has 1 fully saturated rings. The second-order valence-corrected chi connectivity index (χ2v) is 5.92. The molecule has 1 saturated heterocycles. The van der Waals surface area contributed by atoms with Crippen LogP contribution in [0.15, 0.2) is 24.3 Å². The minimum Gasteiger partial charge on any atom is -0.387 e. The van der Waals surface area contributed by atoms with Crippen molar-refractivity contribution in [2.75, 3.05) is 37.7 Å². The maximum Gasteiger partial charge on any atom is 0.248 e. The summed E-state index contributed by atoms with van der Waals surface area (Å²) >= 11 is 0. The number of aliphatic hydroxyl groups is 1. The van der Waals surface area contributed by atoms with Gasteiger partial charge in [0.15, 0.2) is 0 Å². The third kappa shape index (κ3) is 2.88. The lowest BCUT2D eigenvalue weighted by Gasteiger charge is -2.37. The van der Waals surface area contributed by atoms with E-state index in [0.717, 1.165) is 30.7 Å². The Morgan fingerprint density at radius 1 is 1.22 bits per heavy atom. The first-order valence-corrected chi connectivity index (χ1v) is 8.17. The summed E-state index contributed by atoms with van der Waals surface area (Å²) < 4.78 is 0. The van der Waals surface area contributed by atoms with Crippen LogP contribution in [0.1, 0.15) is 18.2 Å². The van der Waals surface area contributed by atoms with Crippen LogP contribution in [0.4, 0.5) is 5.69 Å². The van der Waals surface area contributed by atoms with Crippen molar-refractivity contribution in [3.8, 4) is 0 Å². The fourth-order valence-electron chi connectivity index (χ4n) is 3.42. The highest BCUT2D eigenvalue weighted by Crippen LogP contribution is 2.32. The fourth-order valence-corrected chi connectivity index (χ4v) is 3.42. The molecule has 1 aliphatic rings. The average molecular weight is 313 g/mol. The molecule has 1 aromatic carbocycles. The lowest BCUT2D eigenvalue weighted by molar-refractivity contribution is -0.134. The maximum absolute atomic E-state index is 11.6. The van der Waals surface area contributed by atoms with E-state index in [4.69, 9.17) is 10.1 Å². The molecule has 1 aliphatic heterocycles. The van der Waals surface area contributed by atoms with Gasteiger partial charge in [-0.05, 0) is 25.0 Å². The Hall–Kier alpha value is -2.14. The Balaban J connectivity index is 1.98. The van der Waals surface area contributed by atoms with E-state index in [1.54, 1.807) is 4.90 Å². The van der Waals surface area contributed by atoms with E-state index in [1.165, 1.54) is 16.6 Å². The first kappa shape index (κ1) is 15.7. The number of aliphatic hydroxyl groups excluding tert-OH is 1. The highest BCUT2D eigenvalue weighted by molar-refractivity contribution is 5.94. The first-order valence-electron chi connectivity index (χ1n) is 8.17. The highest BCUT2D eigenvalue weighted by Gasteiger charge is 2.24. The second kappa shape index (κ2) is 6.54. The minimum atomic E-state index is -0.405. The van der Waals surface area contributed by atoms with E-state index in [-0.39, 0.29) is 5.91 Å². The Morgan fingerprint density at radius 3 is 2.57 bits per heavy atom. The quantitative estimate of drug-likeness (QED) is 0.938. The van der Waals surface area contributed by atoms with Crippen molar-refractivity contribution in [2.45, 2.75) is 20.3 Å². The van der Waals surface area contributed by atoms with E-state index in [9.17, 15) is 4.79 Å². The molecule has 122 valence electrons. The van der Waals surface area contributed by atoms with Gasteiger partial charge in [-0.25, -0.2) is 0 Å². The van der Waals surface area contributed by atoms with Gasteiger partial charge in [-0.2, -0.15) is 0 Å². The Labute approximate surface area is 136 Å². The van der Waals surface area contributed by atoms with Gasteiger partial charge in [0.2, 0.25) is 5.91 Å². The van der Waals surface area contributed by atoms with Gasteiger partial charge in [-0.1, -0.05) is 25.1 Å². The van der Waals surface area contributed by atoms with Crippen molar-refractivity contribution in [3.05, 3.63) is 35.5 Å². The van der Waals surface area contributed by atoms with Crippen LogP contribution < -0.4 is 4.90 Å². The highest BCUT2D eigenvalue weighted by atomic mass is 16.3. The number of fused-ring (bicyclic) bond motifs is 1. The third-order valence-electron chi connectivity index (χ3n) is 4.61. The van der Waals surface area contributed by atoms with Crippen molar-refractivity contribution in [3.63, 3.8) is 0 Å². The van der Waals surface area contributed by atoms with Crippen LogP contribution in [0, 0.1) is 6.92 Å². The number of hydrogen-bond donors (Lipinski definition) is 1. The lowest BCUT2D eigenvalue weighted by atomic mass is 10.0. The number of piperazine rings is 1. The Morgan fingerprint density at radius 2 is 1.91 bits per heavy atom. The molecule has 0 aliphatic carbocycles. The van der Waals surface area contributed by atoms with Gasteiger partial charge >= 0.3 is 0 Å². The van der Waals surface area contributed by atoms with Gasteiger partial charge in [-0.3, -0.25) is 9.78 Å². The number of anilines is 1. The summed E-state index contributed by atoms with van der Waals surface area (Å²) in [6, 6.07) is 8.24. The molecule has 0 saturated carbocycles. The van der Waals surface area contributed by atoms with Crippen LogP contribution in [0.25, 0.3) is 10.9 Å². The first-order chi connectivity index (χ1) is 11.2. The van der Waals surface area contributed by atoms with Crippen LogP contribution in [0.2, 0.25) is 0 Å². The van der Waals surface area contributed by atoms with Gasteiger partial charge in [0.05, 0.1) is 11.2 Å². The lowest BCUT2D eigenvalue weighted by Crippen LogP contribution is -2.49. The number of nitrogens with zero attached hydrogens (tertiary/aromatic N) is 3. The number of carbonyl (C=O) groups is 1. The SMILES string of the molecule is CCc1c(C)nc2ccccc2c1N1CCN(C(=O)CO)CC1. The van der Waals surface area contributed by atoms with Crippen LogP contribution >= 0.6 is 0 Å². The van der Waals surface area contributed by atoms with Crippen molar-refractivity contribution < 1.29 is 9.90 Å². The van der Waals surface area contributed by atoms with Crippen LogP contribution in [-0.2, 0) is 11.2 Å².